The van der Waals surface area contributed by atoms with Crippen LogP contribution < -0.4 is 5.32 Å². The van der Waals surface area contributed by atoms with E-state index in [4.69, 9.17) is 9.40 Å². The zero-order chi connectivity index (χ0) is 25.5. The van der Waals surface area contributed by atoms with Gasteiger partial charge in [-0.25, -0.2) is 0 Å². The van der Waals surface area contributed by atoms with Crippen LogP contribution in [-0.4, -0.2) is 20.7 Å². The number of pyridine rings is 1. The number of nitrogens with one attached hydrogen (secondary N) is 1. The topological polar surface area (TPSA) is 47.9 Å². The van der Waals surface area contributed by atoms with Crippen molar-refractivity contribution in [2.75, 3.05) is 11.9 Å². The van der Waals surface area contributed by atoms with Gasteiger partial charge in [0.15, 0.2) is 5.58 Å². The molecule has 184 valence electrons. The Hall–Kier alpha value is -5.29. The van der Waals surface area contributed by atoms with Crippen molar-refractivity contribution < 1.29 is 4.42 Å². The summed E-state index contributed by atoms with van der Waals surface area (Å²) < 4.78 is 11.2. The lowest BCUT2D eigenvalue weighted by Crippen LogP contribution is -2.05. The highest BCUT2D eigenvalue weighted by Gasteiger charge is 2.21. The minimum absolute atomic E-state index is 0.841. The number of para-hydroxylation sites is 3. The number of hydrogen-bond acceptors (Lipinski definition) is 3. The summed E-state index contributed by atoms with van der Waals surface area (Å²) in [6.07, 6.45) is 6.26. The Balaban J connectivity index is 1.33. The molecule has 1 aliphatic heterocycles. The second-order valence-corrected chi connectivity index (χ2v) is 10.1. The Kier molecular flexibility index (Phi) is 4.05. The molecule has 0 saturated carbocycles. The molecule has 0 atom stereocenters. The second kappa shape index (κ2) is 7.62. The van der Waals surface area contributed by atoms with E-state index in [9.17, 15) is 0 Å². The average Bonchev–Trinajstić information content (AvgIpc) is 3.65. The summed E-state index contributed by atoms with van der Waals surface area (Å²) in [6.45, 7) is 0.841. The molecule has 0 spiro atoms. The Morgan fingerprint density at radius 2 is 1.49 bits per heavy atom. The first kappa shape index (κ1) is 20.7. The van der Waals surface area contributed by atoms with Crippen LogP contribution in [0.4, 0.5) is 5.69 Å². The van der Waals surface area contributed by atoms with E-state index >= 15 is 0 Å². The van der Waals surface area contributed by atoms with Crippen molar-refractivity contribution in [2.24, 2.45) is 0 Å². The first-order valence-corrected chi connectivity index (χ1v) is 13.2. The molecule has 0 saturated heterocycles. The van der Waals surface area contributed by atoms with Crippen molar-refractivity contribution in [1.82, 2.24) is 14.1 Å². The van der Waals surface area contributed by atoms with E-state index in [-0.39, 0.29) is 0 Å². The van der Waals surface area contributed by atoms with E-state index in [1.54, 1.807) is 0 Å². The third-order valence-electron chi connectivity index (χ3n) is 7.97. The molecule has 0 radical (unpaired) electrons. The number of hydrogen-bond donors (Lipinski definition) is 1. The van der Waals surface area contributed by atoms with Crippen molar-refractivity contribution in [3.8, 4) is 11.4 Å². The van der Waals surface area contributed by atoms with E-state index < -0.39 is 0 Å². The predicted octanol–water partition coefficient (Wildman–Crippen LogP) is 8.46. The van der Waals surface area contributed by atoms with Crippen LogP contribution in [0.2, 0.25) is 0 Å². The van der Waals surface area contributed by atoms with Gasteiger partial charge in [-0.3, -0.25) is 4.98 Å². The van der Waals surface area contributed by atoms with E-state index in [2.05, 4.69) is 118 Å². The molecule has 0 bridgehead atoms. The summed E-state index contributed by atoms with van der Waals surface area (Å²) in [6, 6.07) is 34.1. The Morgan fingerprint density at radius 3 is 2.41 bits per heavy atom. The highest BCUT2D eigenvalue weighted by atomic mass is 16.3. The first-order valence-electron chi connectivity index (χ1n) is 13.2. The van der Waals surface area contributed by atoms with E-state index in [1.165, 1.54) is 22.3 Å². The van der Waals surface area contributed by atoms with Crippen LogP contribution in [-0.2, 0) is 0 Å². The lowest BCUT2D eigenvalue weighted by Gasteiger charge is -2.13. The second-order valence-electron chi connectivity index (χ2n) is 10.1. The molecule has 5 nitrogen and oxygen atoms in total. The van der Waals surface area contributed by atoms with Gasteiger partial charge in [-0.05, 0) is 54.6 Å². The van der Waals surface area contributed by atoms with E-state index in [1.807, 2.05) is 12.3 Å². The number of fused-ring (bicyclic) bond motifs is 9. The number of aromatic nitrogens is 3. The highest BCUT2D eigenvalue weighted by molar-refractivity contribution is 6.12. The Labute approximate surface area is 223 Å². The molecular formula is C34H22N4O. The lowest BCUT2D eigenvalue weighted by atomic mass is 10.1. The fraction of sp³-hybridized carbons (Fsp3) is 0.0294. The quantitative estimate of drug-likeness (QED) is 0.258. The van der Waals surface area contributed by atoms with Crippen LogP contribution in [0.3, 0.4) is 0 Å². The fourth-order valence-corrected chi connectivity index (χ4v) is 6.34. The summed E-state index contributed by atoms with van der Waals surface area (Å²) in [4.78, 5) is 4.71. The van der Waals surface area contributed by atoms with Gasteiger partial charge in [-0.1, -0.05) is 54.6 Å². The number of anilines is 1. The maximum Gasteiger partial charge on any atom is 0.159 e. The molecule has 0 unspecified atom stereocenters. The summed E-state index contributed by atoms with van der Waals surface area (Å²) in [7, 11) is 0. The molecule has 1 N–H and O–H groups in total. The van der Waals surface area contributed by atoms with E-state index in [0.29, 0.717) is 0 Å². The third kappa shape index (κ3) is 2.76. The molecule has 5 heteroatoms. The third-order valence-corrected chi connectivity index (χ3v) is 7.97. The van der Waals surface area contributed by atoms with Crippen LogP contribution in [0.5, 0.6) is 0 Å². The van der Waals surface area contributed by atoms with Gasteiger partial charge in [0.05, 0.1) is 39.1 Å². The summed E-state index contributed by atoms with van der Waals surface area (Å²) in [5, 5.41) is 8.14. The van der Waals surface area contributed by atoms with Gasteiger partial charge < -0.3 is 18.9 Å². The summed E-state index contributed by atoms with van der Waals surface area (Å²) >= 11 is 0. The zero-order valence-corrected chi connectivity index (χ0v) is 20.9. The lowest BCUT2D eigenvalue weighted by molar-refractivity contribution is 0.666. The van der Waals surface area contributed by atoms with Crippen LogP contribution in [0.1, 0.15) is 5.69 Å². The fourth-order valence-electron chi connectivity index (χ4n) is 6.34. The molecule has 0 amide bonds. The normalized spacial score (nSPS) is 13.1. The monoisotopic (exact) mass is 502 g/mol. The predicted molar refractivity (Wildman–Crippen MR) is 160 cm³/mol. The largest absolute Gasteiger partial charge is 0.454 e. The summed E-state index contributed by atoms with van der Waals surface area (Å²) in [5.74, 6) is 0. The maximum atomic E-state index is 6.60. The standard InChI is InChI=1S/C34H22N4O/c1-3-11-26-23(8-1)32-28(14-6-18-35-32)37(26)21-16-17-31-25(20-21)22-10-5-13-30(34(22)39-31)38-27-12-4-2-9-24(27)33-29(38)15-7-19-36-33/h1-17,19-20,35H,18H2. The minimum atomic E-state index is 0.841. The number of nitrogens with zero attached hydrogens (tertiary/aromatic N) is 3. The molecule has 39 heavy (non-hydrogen) atoms. The van der Waals surface area contributed by atoms with Crippen molar-refractivity contribution in [1.29, 1.82) is 0 Å². The van der Waals surface area contributed by atoms with Crippen molar-refractivity contribution in [2.45, 2.75) is 0 Å². The van der Waals surface area contributed by atoms with Crippen LogP contribution in [0, 0.1) is 0 Å². The van der Waals surface area contributed by atoms with Crippen molar-refractivity contribution >= 4 is 66.5 Å². The molecule has 8 aromatic rings. The molecule has 0 aliphatic carbocycles. The Bertz CT molecular complexity index is 2240. The van der Waals surface area contributed by atoms with Gasteiger partial charge in [-0.2, -0.15) is 0 Å². The van der Waals surface area contributed by atoms with Gasteiger partial charge in [0, 0.05) is 40.0 Å². The van der Waals surface area contributed by atoms with Gasteiger partial charge >= 0.3 is 0 Å². The van der Waals surface area contributed by atoms with Gasteiger partial charge in [0.2, 0.25) is 0 Å². The van der Waals surface area contributed by atoms with Crippen molar-refractivity contribution in [3.05, 3.63) is 115 Å². The molecule has 4 aromatic carbocycles. The molecular weight excluding hydrogens is 480 g/mol. The number of benzene rings is 4. The van der Waals surface area contributed by atoms with E-state index in [0.717, 1.165) is 61.8 Å². The number of furan rings is 1. The molecule has 5 heterocycles. The van der Waals surface area contributed by atoms with Gasteiger partial charge in [-0.15, -0.1) is 0 Å². The van der Waals surface area contributed by atoms with Crippen LogP contribution >= 0.6 is 0 Å². The highest BCUT2D eigenvalue weighted by Crippen LogP contribution is 2.40. The smallest absolute Gasteiger partial charge is 0.159 e. The zero-order valence-electron chi connectivity index (χ0n) is 20.9. The maximum absolute atomic E-state index is 6.60. The molecule has 4 aromatic heterocycles. The minimum Gasteiger partial charge on any atom is -0.454 e. The molecule has 0 fully saturated rings. The van der Waals surface area contributed by atoms with Crippen LogP contribution in [0.15, 0.2) is 114 Å². The summed E-state index contributed by atoms with van der Waals surface area (Å²) in [5.41, 5.74) is 10.6. The molecule has 1 aliphatic rings. The SMILES string of the molecule is C1=Cc2c(c3ccccc3n2-c2ccc3oc4c(-n5c6ccccc6c6ncccc65)cccc4c3c2)NC1. The number of rotatable bonds is 2. The van der Waals surface area contributed by atoms with Gasteiger partial charge in [0.25, 0.3) is 0 Å². The molecule has 9 rings (SSSR count). The van der Waals surface area contributed by atoms with Crippen LogP contribution in [0.25, 0.3) is 72.2 Å². The average molecular weight is 503 g/mol. The van der Waals surface area contributed by atoms with Crippen molar-refractivity contribution in [3.63, 3.8) is 0 Å². The first-order chi connectivity index (χ1) is 19.4. The Morgan fingerprint density at radius 1 is 0.692 bits per heavy atom. The van der Waals surface area contributed by atoms with Gasteiger partial charge in [0.1, 0.15) is 5.58 Å².